The van der Waals surface area contributed by atoms with Gasteiger partial charge in [-0.25, -0.2) is 0 Å². The Kier molecular flexibility index (Phi) is 8.05. The Morgan fingerprint density at radius 1 is 0.800 bits per heavy atom. The fourth-order valence-corrected chi connectivity index (χ4v) is 2.55. The van der Waals surface area contributed by atoms with E-state index < -0.39 is 0 Å². The normalized spacial score (nSPS) is 9.88. The molecule has 0 aliphatic carbocycles. The minimum absolute atomic E-state index is 0.750. The third-order valence-corrected chi connectivity index (χ3v) is 3.95. The Labute approximate surface area is 154 Å². The molecule has 3 rings (SSSR count). The van der Waals surface area contributed by atoms with Gasteiger partial charge in [0.2, 0.25) is 0 Å². The number of para-hydroxylation sites is 1. The molecule has 4 heteroatoms. The molecule has 0 aliphatic heterocycles. The van der Waals surface area contributed by atoms with Crippen LogP contribution in [0.3, 0.4) is 0 Å². The van der Waals surface area contributed by atoms with Crippen molar-refractivity contribution in [3.8, 4) is 11.5 Å². The van der Waals surface area contributed by atoms with Gasteiger partial charge in [-0.15, -0.1) is 12.6 Å². The first-order chi connectivity index (χ1) is 12.3. The zero-order valence-electron chi connectivity index (χ0n) is 14.2. The second-order valence-electron chi connectivity index (χ2n) is 5.29. The zero-order valence-corrected chi connectivity index (χ0v) is 15.1. The maximum Gasteiger partial charge on any atom is 0.127 e. The molecule has 0 fully saturated rings. The minimum Gasteiger partial charge on any atom is -0.457 e. The standard InChI is InChI=1S/C20H19NOS.CH4O/c23-20-12-11-19(22-18-9-5-2-6-10-18)13-17(20)15-21-14-16-7-3-1-4-8-16;1-2/h1-13,21,23H,14-15H2;2H,1H3. The van der Waals surface area contributed by atoms with Gasteiger partial charge >= 0.3 is 0 Å². The van der Waals surface area contributed by atoms with Crippen LogP contribution in [0.2, 0.25) is 0 Å². The van der Waals surface area contributed by atoms with Gasteiger partial charge in [-0.3, -0.25) is 0 Å². The summed E-state index contributed by atoms with van der Waals surface area (Å²) in [4.78, 5) is 0.964. The van der Waals surface area contributed by atoms with E-state index in [4.69, 9.17) is 9.84 Å². The van der Waals surface area contributed by atoms with Crippen molar-refractivity contribution in [2.75, 3.05) is 7.11 Å². The van der Waals surface area contributed by atoms with Crippen molar-refractivity contribution < 1.29 is 9.84 Å². The fraction of sp³-hybridized carbons (Fsp3) is 0.143. The molecule has 0 aromatic heterocycles. The van der Waals surface area contributed by atoms with Gasteiger partial charge in [0.05, 0.1) is 0 Å². The van der Waals surface area contributed by atoms with Gasteiger partial charge in [-0.1, -0.05) is 48.5 Å². The molecule has 0 spiro atoms. The number of hydrogen-bond acceptors (Lipinski definition) is 4. The summed E-state index contributed by atoms with van der Waals surface area (Å²) in [5.41, 5.74) is 2.39. The average molecular weight is 353 g/mol. The first-order valence-corrected chi connectivity index (χ1v) is 8.50. The number of nitrogens with one attached hydrogen (secondary N) is 1. The van der Waals surface area contributed by atoms with Crippen LogP contribution in [0.25, 0.3) is 0 Å². The number of benzene rings is 3. The lowest BCUT2D eigenvalue weighted by atomic mass is 10.2. The van der Waals surface area contributed by atoms with Crippen molar-refractivity contribution in [2.45, 2.75) is 18.0 Å². The smallest absolute Gasteiger partial charge is 0.127 e. The topological polar surface area (TPSA) is 41.5 Å². The Morgan fingerprint density at radius 3 is 2.12 bits per heavy atom. The van der Waals surface area contributed by atoms with Crippen molar-refractivity contribution in [3.63, 3.8) is 0 Å². The number of ether oxygens (including phenoxy) is 1. The maximum atomic E-state index is 7.00. The molecule has 0 saturated heterocycles. The fourth-order valence-electron chi connectivity index (χ4n) is 2.33. The Morgan fingerprint density at radius 2 is 1.44 bits per heavy atom. The lowest BCUT2D eigenvalue weighted by Gasteiger charge is -2.11. The summed E-state index contributed by atoms with van der Waals surface area (Å²) in [5.74, 6) is 1.66. The molecule has 0 saturated carbocycles. The molecule has 130 valence electrons. The molecule has 2 N–H and O–H groups in total. The second-order valence-corrected chi connectivity index (χ2v) is 5.78. The first kappa shape index (κ1) is 19.1. The van der Waals surface area contributed by atoms with Crippen LogP contribution < -0.4 is 10.1 Å². The van der Waals surface area contributed by atoms with Crippen LogP contribution in [0.5, 0.6) is 11.5 Å². The Hall–Kier alpha value is -2.27. The lowest BCUT2D eigenvalue weighted by Crippen LogP contribution is -2.13. The van der Waals surface area contributed by atoms with Crippen molar-refractivity contribution in [1.82, 2.24) is 5.32 Å². The van der Waals surface area contributed by atoms with Crippen LogP contribution in [-0.2, 0) is 13.1 Å². The third-order valence-electron chi connectivity index (χ3n) is 3.52. The van der Waals surface area contributed by atoms with Crippen molar-refractivity contribution >= 4 is 12.6 Å². The van der Waals surface area contributed by atoms with Gasteiger partial charge < -0.3 is 15.2 Å². The Balaban J connectivity index is 0.00000109. The molecule has 3 aromatic carbocycles. The van der Waals surface area contributed by atoms with E-state index in [-0.39, 0.29) is 0 Å². The number of thiol groups is 1. The molecule has 0 amide bonds. The van der Waals surface area contributed by atoms with Crippen LogP contribution in [0.15, 0.2) is 83.8 Å². The number of rotatable bonds is 6. The van der Waals surface area contributed by atoms with Gasteiger partial charge in [0.25, 0.3) is 0 Å². The molecular weight excluding hydrogens is 330 g/mol. The van der Waals surface area contributed by atoms with Crippen LogP contribution in [0.1, 0.15) is 11.1 Å². The molecule has 0 aliphatic rings. The molecule has 3 aromatic rings. The summed E-state index contributed by atoms with van der Waals surface area (Å²) in [7, 11) is 1.00. The van der Waals surface area contributed by atoms with Gasteiger partial charge in [-0.05, 0) is 41.5 Å². The summed E-state index contributed by atoms with van der Waals surface area (Å²) >= 11 is 4.54. The van der Waals surface area contributed by atoms with Gasteiger partial charge in [0.15, 0.2) is 0 Å². The van der Waals surface area contributed by atoms with E-state index in [1.807, 2.05) is 54.6 Å². The predicted octanol–water partition coefficient (Wildman–Crippen LogP) is 4.67. The van der Waals surface area contributed by atoms with Gasteiger partial charge in [-0.2, -0.15) is 0 Å². The number of hydrogen-bond donors (Lipinski definition) is 3. The maximum absolute atomic E-state index is 7.00. The summed E-state index contributed by atoms with van der Waals surface area (Å²) in [5, 5.41) is 10.4. The SMILES string of the molecule is CO.Sc1ccc(Oc2ccccc2)cc1CNCc1ccccc1. The predicted molar refractivity (Wildman–Crippen MR) is 105 cm³/mol. The summed E-state index contributed by atoms with van der Waals surface area (Å²) in [6.45, 7) is 1.58. The van der Waals surface area contributed by atoms with Crippen LogP contribution in [0.4, 0.5) is 0 Å². The van der Waals surface area contributed by atoms with Crippen LogP contribution in [-0.4, -0.2) is 12.2 Å². The molecule has 3 nitrogen and oxygen atoms in total. The quantitative estimate of drug-likeness (QED) is 0.564. The van der Waals surface area contributed by atoms with Crippen molar-refractivity contribution in [2.24, 2.45) is 0 Å². The monoisotopic (exact) mass is 353 g/mol. The first-order valence-electron chi connectivity index (χ1n) is 8.05. The van der Waals surface area contributed by atoms with E-state index in [0.717, 1.165) is 42.2 Å². The highest BCUT2D eigenvalue weighted by molar-refractivity contribution is 7.80. The van der Waals surface area contributed by atoms with Crippen LogP contribution >= 0.6 is 12.6 Å². The summed E-state index contributed by atoms with van der Waals surface area (Å²) in [6, 6.07) is 26.1. The molecule has 0 unspecified atom stereocenters. The van der Waals surface area contributed by atoms with E-state index in [1.165, 1.54) is 5.56 Å². The largest absolute Gasteiger partial charge is 0.457 e. The highest BCUT2D eigenvalue weighted by Gasteiger charge is 2.03. The lowest BCUT2D eigenvalue weighted by molar-refractivity contribution is 0.399. The van der Waals surface area contributed by atoms with E-state index in [9.17, 15) is 0 Å². The van der Waals surface area contributed by atoms with E-state index in [0.29, 0.717) is 0 Å². The number of aliphatic hydroxyl groups excluding tert-OH is 1. The summed E-state index contributed by atoms with van der Waals surface area (Å²) < 4.78 is 5.88. The molecule has 0 atom stereocenters. The molecular formula is C21H23NO2S. The molecule has 0 bridgehead atoms. The minimum atomic E-state index is 0.750. The van der Waals surface area contributed by atoms with Crippen molar-refractivity contribution in [3.05, 3.63) is 90.0 Å². The summed E-state index contributed by atoms with van der Waals surface area (Å²) in [6.07, 6.45) is 0. The van der Waals surface area contributed by atoms with E-state index in [1.54, 1.807) is 0 Å². The van der Waals surface area contributed by atoms with Crippen LogP contribution in [0, 0.1) is 0 Å². The Bertz CT molecular complexity index is 748. The zero-order chi connectivity index (χ0) is 17.9. The molecule has 25 heavy (non-hydrogen) atoms. The van der Waals surface area contributed by atoms with Gasteiger partial charge in [0, 0.05) is 25.1 Å². The van der Waals surface area contributed by atoms with Gasteiger partial charge in [0.1, 0.15) is 11.5 Å². The molecule has 0 heterocycles. The highest BCUT2D eigenvalue weighted by Crippen LogP contribution is 2.25. The molecule has 0 radical (unpaired) electrons. The highest BCUT2D eigenvalue weighted by atomic mass is 32.1. The van der Waals surface area contributed by atoms with E-state index >= 15 is 0 Å². The number of aliphatic hydroxyl groups is 1. The van der Waals surface area contributed by atoms with E-state index in [2.05, 4.69) is 42.2 Å². The second kappa shape index (κ2) is 10.6. The van der Waals surface area contributed by atoms with Crippen molar-refractivity contribution in [1.29, 1.82) is 0 Å². The third kappa shape index (κ3) is 6.27. The average Bonchev–Trinajstić information content (AvgIpc) is 2.68.